The Kier molecular flexibility index (Phi) is 7.34. The molecule has 1 amide bonds. The average Bonchev–Trinajstić information content (AvgIpc) is 3.03. The van der Waals surface area contributed by atoms with E-state index >= 15 is 0 Å². The highest BCUT2D eigenvalue weighted by Gasteiger charge is 2.16. The second-order valence-electron chi connectivity index (χ2n) is 6.94. The molecule has 0 saturated carbocycles. The largest absolute Gasteiger partial charge is 0.349 e. The Morgan fingerprint density at radius 2 is 1.87 bits per heavy atom. The van der Waals surface area contributed by atoms with Crippen molar-refractivity contribution in [2.45, 2.75) is 39.7 Å². The van der Waals surface area contributed by atoms with Crippen LogP contribution in [0.4, 0.5) is 0 Å². The highest BCUT2D eigenvalue weighted by Crippen LogP contribution is 2.25. The maximum Gasteiger partial charge on any atom is 0.267 e. The number of hydrogen-bond acceptors (Lipinski definition) is 3. The Morgan fingerprint density at radius 3 is 2.50 bits per heavy atom. The SMILES string of the molecule is CCc1nn(CCNC(=O)c2cccc(=O)[nH]2)c(CC)c1Cc1cc(Cl)cc(Cl)c1. The summed E-state index contributed by atoms with van der Waals surface area (Å²) in [4.78, 5) is 26.1. The van der Waals surface area contributed by atoms with Gasteiger partial charge in [-0.25, -0.2) is 0 Å². The van der Waals surface area contributed by atoms with Gasteiger partial charge in [-0.15, -0.1) is 0 Å². The van der Waals surface area contributed by atoms with Gasteiger partial charge in [0.1, 0.15) is 5.69 Å². The second kappa shape index (κ2) is 9.96. The molecule has 2 heterocycles. The van der Waals surface area contributed by atoms with E-state index in [1.807, 2.05) is 16.8 Å². The molecule has 0 bridgehead atoms. The van der Waals surface area contributed by atoms with E-state index in [0.717, 1.165) is 29.8 Å². The van der Waals surface area contributed by atoms with Gasteiger partial charge in [-0.3, -0.25) is 14.3 Å². The zero-order chi connectivity index (χ0) is 21.7. The van der Waals surface area contributed by atoms with Crippen molar-refractivity contribution in [3.05, 3.63) is 85.0 Å². The fourth-order valence-corrected chi connectivity index (χ4v) is 4.10. The topological polar surface area (TPSA) is 79.8 Å². The quantitative estimate of drug-likeness (QED) is 0.548. The number of benzene rings is 1. The summed E-state index contributed by atoms with van der Waals surface area (Å²) >= 11 is 12.3. The van der Waals surface area contributed by atoms with Gasteiger partial charge in [0.15, 0.2) is 0 Å². The number of aromatic amines is 1. The average molecular weight is 447 g/mol. The number of nitrogens with one attached hydrogen (secondary N) is 2. The molecular formula is C22H24Cl2N4O2. The lowest BCUT2D eigenvalue weighted by molar-refractivity contribution is 0.0946. The van der Waals surface area contributed by atoms with Crippen LogP contribution in [0.5, 0.6) is 0 Å². The molecule has 158 valence electrons. The van der Waals surface area contributed by atoms with Crippen LogP contribution >= 0.6 is 23.2 Å². The normalized spacial score (nSPS) is 10.9. The minimum atomic E-state index is -0.317. The first kappa shape index (κ1) is 22.1. The number of amides is 1. The smallest absolute Gasteiger partial charge is 0.267 e. The van der Waals surface area contributed by atoms with Crippen molar-refractivity contribution in [2.75, 3.05) is 6.54 Å². The number of carbonyl (C=O) groups excluding carboxylic acids is 1. The number of carbonyl (C=O) groups is 1. The van der Waals surface area contributed by atoms with E-state index in [-0.39, 0.29) is 17.2 Å². The van der Waals surface area contributed by atoms with Gasteiger partial charge in [0, 0.05) is 40.3 Å². The summed E-state index contributed by atoms with van der Waals surface area (Å²) in [6, 6.07) is 10.1. The van der Waals surface area contributed by atoms with Gasteiger partial charge < -0.3 is 10.3 Å². The lowest BCUT2D eigenvalue weighted by atomic mass is 10.0. The minimum absolute atomic E-state index is 0.242. The predicted molar refractivity (Wildman–Crippen MR) is 120 cm³/mol. The molecule has 0 unspecified atom stereocenters. The number of pyridine rings is 1. The maximum atomic E-state index is 12.2. The standard InChI is InChI=1S/C22H24Cl2N4O2/c1-3-18-17(12-14-10-15(23)13-16(24)11-14)20(4-2)28(27-18)9-8-25-22(30)19-6-5-7-21(29)26-19/h5-7,10-11,13H,3-4,8-9,12H2,1-2H3,(H,25,30)(H,26,29). The van der Waals surface area contributed by atoms with Crippen molar-refractivity contribution in [1.82, 2.24) is 20.1 Å². The second-order valence-corrected chi connectivity index (χ2v) is 7.81. The van der Waals surface area contributed by atoms with Crippen LogP contribution in [0.1, 0.15) is 46.9 Å². The molecule has 1 aromatic carbocycles. The first-order chi connectivity index (χ1) is 14.4. The number of aryl methyl sites for hydroxylation is 1. The first-order valence-electron chi connectivity index (χ1n) is 9.91. The number of nitrogens with zero attached hydrogens (tertiary/aromatic N) is 2. The fraction of sp³-hybridized carbons (Fsp3) is 0.318. The van der Waals surface area contributed by atoms with Crippen molar-refractivity contribution < 1.29 is 4.79 Å². The molecule has 0 saturated heterocycles. The molecule has 0 spiro atoms. The summed E-state index contributed by atoms with van der Waals surface area (Å²) in [5.74, 6) is -0.317. The van der Waals surface area contributed by atoms with Gasteiger partial charge in [0.25, 0.3) is 5.91 Å². The van der Waals surface area contributed by atoms with Gasteiger partial charge in [-0.2, -0.15) is 5.10 Å². The molecule has 8 heteroatoms. The van der Waals surface area contributed by atoms with E-state index in [1.54, 1.807) is 18.2 Å². The minimum Gasteiger partial charge on any atom is -0.349 e. The highest BCUT2D eigenvalue weighted by atomic mass is 35.5. The molecule has 2 aromatic heterocycles. The summed E-state index contributed by atoms with van der Waals surface area (Å²) in [5.41, 5.74) is 4.31. The molecule has 0 fully saturated rings. The van der Waals surface area contributed by atoms with E-state index in [2.05, 4.69) is 24.1 Å². The molecule has 0 aliphatic carbocycles. The van der Waals surface area contributed by atoms with Crippen molar-refractivity contribution in [3.63, 3.8) is 0 Å². The molecule has 3 rings (SSSR count). The predicted octanol–water partition coefficient (Wildman–Crippen LogP) is 4.02. The highest BCUT2D eigenvalue weighted by molar-refractivity contribution is 6.34. The zero-order valence-corrected chi connectivity index (χ0v) is 18.5. The summed E-state index contributed by atoms with van der Waals surface area (Å²) in [6.45, 7) is 5.11. The zero-order valence-electron chi connectivity index (χ0n) is 17.0. The van der Waals surface area contributed by atoms with Crippen LogP contribution in [-0.4, -0.2) is 27.2 Å². The van der Waals surface area contributed by atoms with E-state index < -0.39 is 0 Å². The van der Waals surface area contributed by atoms with E-state index in [9.17, 15) is 9.59 Å². The summed E-state index contributed by atoms with van der Waals surface area (Å²) < 4.78 is 1.95. The molecule has 0 aliphatic heterocycles. The molecule has 3 aromatic rings. The third-order valence-electron chi connectivity index (χ3n) is 4.84. The Morgan fingerprint density at radius 1 is 1.13 bits per heavy atom. The van der Waals surface area contributed by atoms with Gasteiger partial charge in [-0.1, -0.05) is 43.1 Å². The summed E-state index contributed by atoms with van der Waals surface area (Å²) in [7, 11) is 0. The molecular weight excluding hydrogens is 423 g/mol. The lowest BCUT2D eigenvalue weighted by Crippen LogP contribution is -2.29. The Bertz CT molecular complexity index is 1080. The third kappa shape index (κ3) is 5.32. The first-order valence-corrected chi connectivity index (χ1v) is 10.7. The van der Waals surface area contributed by atoms with Gasteiger partial charge in [-0.05, 0) is 42.7 Å². The van der Waals surface area contributed by atoms with E-state index in [1.165, 1.54) is 11.6 Å². The van der Waals surface area contributed by atoms with Crippen LogP contribution in [0, 0.1) is 0 Å². The summed E-state index contributed by atoms with van der Waals surface area (Å²) in [6.07, 6.45) is 2.32. The van der Waals surface area contributed by atoms with Crippen LogP contribution in [0.15, 0.2) is 41.2 Å². The Balaban J connectivity index is 1.75. The Hall–Kier alpha value is -2.57. The molecule has 6 nitrogen and oxygen atoms in total. The van der Waals surface area contributed by atoms with E-state index in [0.29, 0.717) is 29.6 Å². The molecule has 0 atom stereocenters. The molecule has 0 radical (unpaired) electrons. The molecule has 2 N–H and O–H groups in total. The van der Waals surface area contributed by atoms with Crippen molar-refractivity contribution in [1.29, 1.82) is 0 Å². The summed E-state index contributed by atoms with van der Waals surface area (Å²) in [5, 5.41) is 8.83. The van der Waals surface area contributed by atoms with Gasteiger partial charge in [0.05, 0.1) is 12.2 Å². The van der Waals surface area contributed by atoms with Crippen LogP contribution in [0.3, 0.4) is 0 Å². The Labute approximate surface area is 185 Å². The lowest BCUT2D eigenvalue weighted by Gasteiger charge is -2.10. The molecule has 0 aliphatic rings. The fourth-order valence-electron chi connectivity index (χ4n) is 3.53. The molecule has 30 heavy (non-hydrogen) atoms. The van der Waals surface area contributed by atoms with Crippen molar-refractivity contribution in [3.8, 4) is 0 Å². The van der Waals surface area contributed by atoms with Crippen molar-refractivity contribution in [2.24, 2.45) is 0 Å². The van der Waals surface area contributed by atoms with Crippen LogP contribution < -0.4 is 10.9 Å². The number of hydrogen-bond donors (Lipinski definition) is 2. The van der Waals surface area contributed by atoms with Gasteiger partial charge >= 0.3 is 0 Å². The van der Waals surface area contributed by atoms with Crippen molar-refractivity contribution >= 4 is 29.1 Å². The monoisotopic (exact) mass is 446 g/mol. The number of halogens is 2. The number of H-pyrrole nitrogens is 1. The maximum absolute atomic E-state index is 12.2. The third-order valence-corrected chi connectivity index (χ3v) is 5.28. The van der Waals surface area contributed by atoms with E-state index in [4.69, 9.17) is 28.3 Å². The number of aromatic nitrogens is 3. The number of rotatable bonds is 8. The van der Waals surface area contributed by atoms with Crippen LogP contribution in [0.25, 0.3) is 0 Å². The van der Waals surface area contributed by atoms with Crippen LogP contribution in [0.2, 0.25) is 10.0 Å². The van der Waals surface area contributed by atoms with Crippen LogP contribution in [-0.2, 0) is 25.8 Å². The van der Waals surface area contributed by atoms with Gasteiger partial charge in [0.2, 0.25) is 5.56 Å².